The van der Waals surface area contributed by atoms with Gasteiger partial charge in [0.2, 0.25) is 0 Å². The van der Waals surface area contributed by atoms with Crippen molar-refractivity contribution in [2.45, 2.75) is 83.2 Å². The second-order valence-electron chi connectivity index (χ2n) is 11.1. The van der Waals surface area contributed by atoms with Crippen molar-refractivity contribution in [2.75, 3.05) is 6.61 Å². The van der Waals surface area contributed by atoms with Crippen LogP contribution in [0, 0.1) is 23.4 Å². The topological polar surface area (TPSA) is 29.5 Å². The van der Waals surface area contributed by atoms with Gasteiger partial charge in [-0.05, 0) is 104 Å². The molecule has 214 valence electrons. The second-order valence-corrected chi connectivity index (χ2v) is 11.1. The standard InChI is InChI=1S/C35H41F3O2/c1-3-5-6-22-40-33-21-19-29(23-31(33)36)25-11-8-24(9-12-25)10-13-28-18-20-30(35(38)34(28)37)26-14-16-27(17-15-26)32(39)7-4-2/h3,14-21,23-25,32,39H,1,4-13,22H2,2H3. The normalized spacial score (nSPS) is 17.9. The van der Waals surface area contributed by atoms with Crippen LogP contribution in [0.4, 0.5) is 13.2 Å². The van der Waals surface area contributed by atoms with E-state index in [1.807, 2.05) is 19.1 Å². The van der Waals surface area contributed by atoms with Crippen LogP contribution in [-0.4, -0.2) is 11.7 Å². The Morgan fingerprint density at radius 1 is 0.975 bits per heavy atom. The van der Waals surface area contributed by atoms with Gasteiger partial charge in [0.05, 0.1) is 12.7 Å². The molecule has 1 saturated carbocycles. The summed E-state index contributed by atoms with van der Waals surface area (Å²) >= 11 is 0. The van der Waals surface area contributed by atoms with Crippen molar-refractivity contribution in [1.29, 1.82) is 0 Å². The number of hydrogen-bond acceptors (Lipinski definition) is 2. The molecule has 0 saturated heterocycles. The monoisotopic (exact) mass is 550 g/mol. The van der Waals surface area contributed by atoms with E-state index < -0.39 is 17.7 Å². The third-order valence-electron chi connectivity index (χ3n) is 8.24. The lowest BCUT2D eigenvalue weighted by Crippen LogP contribution is -2.14. The summed E-state index contributed by atoms with van der Waals surface area (Å²) in [6, 6.07) is 15.7. The van der Waals surface area contributed by atoms with E-state index in [1.54, 1.807) is 48.5 Å². The average molecular weight is 551 g/mol. The molecular formula is C35H41F3O2. The average Bonchev–Trinajstić information content (AvgIpc) is 2.97. The molecule has 1 atom stereocenters. The lowest BCUT2D eigenvalue weighted by molar-refractivity contribution is 0.166. The maximum Gasteiger partial charge on any atom is 0.166 e. The van der Waals surface area contributed by atoms with Gasteiger partial charge in [-0.25, -0.2) is 13.2 Å². The highest BCUT2D eigenvalue weighted by Gasteiger charge is 2.24. The molecule has 0 aliphatic heterocycles. The van der Waals surface area contributed by atoms with E-state index in [-0.39, 0.29) is 11.4 Å². The molecule has 0 aromatic heterocycles. The van der Waals surface area contributed by atoms with Gasteiger partial charge in [0.25, 0.3) is 0 Å². The molecule has 40 heavy (non-hydrogen) atoms. The van der Waals surface area contributed by atoms with Gasteiger partial charge in [-0.1, -0.05) is 61.9 Å². The van der Waals surface area contributed by atoms with Gasteiger partial charge in [-0.2, -0.15) is 0 Å². The highest BCUT2D eigenvalue weighted by molar-refractivity contribution is 5.65. The molecule has 1 N–H and O–H groups in total. The molecule has 0 radical (unpaired) electrons. The number of rotatable bonds is 13. The molecule has 2 nitrogen and oxygen atoms in total. The van der Waals surface area contributed by atoms with Crippen molar-refractivity contribution in [3.05, 3.63) is 101 Å². The first kappa shape index (κ1) is 29.9. The minimum atomic E-state index is -0.821. The lowest BCUT2D eigenvalue weighted by Gasteiger charge is -2.29. The number of benzene rings is 3. The smallest absolute Gasteiger partial charge is 0.166 e. The fourth-order valence-corrected chi connectivity index (χ4v) is 5.77. The van der Waals surface area contributed by atoms with E-state index in [0.29, 0.717) is 48.2 Å². The zero-order chi connectivity index (χ0) is 28.5. The first-order valence-corrected chi connectivity index (χ1v) is 14.7. The zero-order valence-corrected chi connectivity index (χ0v) is 23.5. The Balaban J connectivity index is 1.29. The first-order chi connectivity index (χ1) is 19.4. The number of aryl methyl sites for hydroxylation is 1. The summed E-state index contributed by atoms with van der Waals surface area (Å²) in [4.78, 5) is 0. The summed E-state index contributed by atoms with van der Waals surface area (Å²) < 4.78 is 50.2. The van der Waals surface area contributed by atoms with Crippen LogP contribution in [0.2, 0.25) is 0 Å². The van der Waals surface area contributed by atoms with Crippen molar-refractivity contribution in [2.24, 2.45) is 5.92 Å². The predicted octanol–water partition coefficient (Wildman–Crippen LogP) is 9.86. The third kappa shape index (κ3) is 7.57. The second kappa shape index (κ2) is 14.5. The van der Waals surface area contributed by atoms with Gasteiger partial charge in [0, 0.05) is 5.56 Å². The molecular weight excluding hydrogens is 509 g/mol. The highest BCUT2D eigenvalue weighted by atomic mass is 19.2. The quantitative estimate of drug-likeness (QED) is 0.170. The van der Waals surface area contributed by atoms with Crippen LogP contribution in [-0.2, 0) is 6.42 Å². The van der Waals surface area contributed by atoms with Gasteiger partial charge >= 0.3 is 0 Å². The number of hydrogen-bond donors (Lipinski definition) is 1. The van der Waals surface area contributed by atoms with Crippen molar-refractivity contribution in [1.82, 2.24) is 0 Å². The number of allylic oxidation sites excluding steroid dienone is 1. The summed E-state index contributed by atoms with van der Waals surface area (Å²) in [5.41, 5.74) is 3.02. The van der Waals surface area contributed by atoms with Crippen LogP contribution in [0.1, 0.15) is 93.4 Å². The van der Waals surface area contributed by atoms with E-state index in [1.165, 1.54) is 0 Å². The van der Waals surface area contributed by atoms with Gasteiger partial charge in [-0.15, -0.1) is 6.58 Å². The molecule has 0 spiro atoms. The van der Waals surface area contributed by atoms with Crippen LogP contribution in [0.25, 0.3) is 11.1 Å². The summed E-state index contributed by atoms with van der Waals surface area (Å²) in [5.74, 6) is -0.864. The molecule has 3 aromatic rings. The summed E-state index contributed by atoms with van der Waals surface area (Å²) in [5, 5.41) is 10.2. The van der Waals surface area contributed by atoms with E-state index in [0.717, 1.165) is 62.5 Å². The Labute approximate surface area is 236 Å². The van der Waals surface area contributed by atoms with Crippen LogP contribution >= 0.6 is 0 Å². The summed E-state index contributed by atoms with van der Waals surface area (Å²) in [6.45, 7) is 6.16. The van der Waals surface area contributed by atoms with E-state index in [2.05, 4.69) is 6.58 Å². The Morgan fingerprint density at radius 3 is 2.40 bits per heavy atom. The fourth-order valence-electron chi connectivity index (χ4n) is 5.77. The molecule has 1 unspecified atom stereocenters. The van der Waals surface area contributed by atoms with Crippen LogP contribution in [0.5, 0.6) is 5.75 Å². The van der Waals surface area contributed by atoms with E-state index in [4.69, 9.17) is 4.74 Å². The van der Waals surface area contributed by atoms with Gasteiger partial charge in [-0.3, -0.25) is 0 Å². The van der Waals surface area contributed by atoms with Gasteiger partial charge < -0.3 is 9.84 Å². The third-order valence-corrected chi connectivity index (χ3v) is 8.24. The van der Waals surface area contributed by atoms with Crippen LogP contribution < -0.4 is 4.74 Å². The molecule has 1 fully saturated rings. The number of halogens is 3. The zero-order valence-electron chi connectivity index (χ0n) is 23.5. The van der Waals surface area contributed by atoms with Crippen molar-refractivity contribution < 1.29 is 23.0 Å². The molecule has 0 bridgehead atoms. The summed E-state index contributed by atoms with van der Waals surface area (Å²) in [7, 11) is 0. The van der Waals surface area contributed by atoms with Crippen LogP contribution in [0.3, 0.4) is 0 Å². The van der Waals surface area contributed by atoms with Gasteiger partial charge in [0.15, 0.2) is 23.2 Å². The Kier molecular flexibility index (Phi) is 10.9. The van der Waals surface area contributed by atoms with Crippen molar-refractivity contribution >= 4 is 0 Å². The number of aliphatic hydroxyl groups excluding tert-OH is 1. The maximum atomic E-state index is 15.0. The van der Waals surface area contributed by atoms with Crippen LogP contribution in [0.15, 0.2) is 67.3 Å². The fraction of sp³-hybridized carbons (Fsp3) is 0.429. The Morgan fingerprint density at radius 2 is 1.73 bits per heavy atom. The number of ether oxygens (including phenoxy) is 1. The molecule has 3 aromatic carbocycles. The van der Waals surface area contributed by atoms with E-state index >= 15 is 8.78 Å². The molecule has 1 aliphatic carbocycles. The predicted molar refractivity (Wildman–Crippen MR) is 156 cm³/mol. The SMILES string of the molecule is C=CCCCOc1ccc(C2CCC(CCc3ccc(-c4ccc(C(O)CCC)cc4)c(F)c3F)CC2)cc1F. The highest BCUT2D eigenvalue weighted by Crippen LogP contribution is 2.39. The first-order valence-electron chi connectivity index (χ1n) is 14.7. The minimum Gasteiger partial charge on any atom is -0.491 e. The largest absolute Gasteiger partial charge is 0.491 e. The minimum absolute atomic E-state index is 0.235. The lowest BCUT2D eigenvalue weighted by atomic mass is 9.77. The Bertz CT molecular complexity index is 1250. The van der Waals surface area contributed by atoms with Gasteiger partial charge in [0.1, 0.15) is 0 Å². The molecule has 0 amide bonds. The van der Waals surface area contributed by atoms with Crippen molar-refractivity contribution in [3.63, 3.8) is 0 Å². The summed E-state index contributed by atoms with van der Waals surface area (Å²) in [6.07, 6.45) is 9.67. The number of unbranched alkanes of at least 4 members (excludes halogenated alkanes) is 1. The van der Waals surface area contributed by atoms with Crippen molar-refractivity contribution in [3.8, 4) is 16.9 Å². The van der Waals surface area contributed by atoms with E-state index in [9.17, 15) is 9.50 Å². The molecule has 0 heterocycles. The molecule has 1 aliphatic rings. The maximum absolute atomic E-state index is 15.0. The Hall–Kier alpha value is -3.05. The number of aliphatic hydroxyl groups is 1. The molecule has 4 rings (SSSR count). The molecule has 5 heteroatoms.